The van der Waals surface area contributed by atoms with Gasteiger partial charge in [-0.15, -0.1) is 0 Å². The van der Waals surface area contributed by atoms with Gasteiger partial charge in [-0.1, -0.05) is 6.07 Å². The van der Waals surface area contributed by atoms with Gasteiger partial charge >= 0.3 is 6.18 Å². The van der Waals surface area contributed by atoms with Gasteiger partial charge in [-0.2, -0.15) is 13.2 Å². The van der Waals surface area contributed by atoms with Crippen molar-refractivity contribution in [3.05, 3.63) is 30.1 Å². The SMILES string of the molecule is NCCCN(CCCC(F)(F)F)c1cccc(F)c1. The Balaban J connectivity index is 2.61. The predicted molar refractivity (Wildman–Crippen MR) is 67.6 cm³/mol. The molecule has 108 valence electrons. The molecule has 1 aromatic rings. The molecule has 0 bridgehead atoms. The van der Waals surface area contributed by atoms with E-state index >= 15 is 0 Å². The van der Waals surface area contributed by atoms with Gasteiger partial charge in [-0.05, 0) is 37.6 Å². The fraction of sp³-hybridized carbons (Fsp3) is 0.538. The molecule has 0 spiro atoms. The molecule has 0 radical (unpaired) electrons. The second-order valence-electron chi connectivity index (χ2n) is 4.33. The topological polar surface area (TPSA) is 29.3 Å². The minimum absolute atomic E-state index is 0.00934. The van der Waals surface area contributed by atoms with Crippen LogP contribution >= 0.6 is 0 Å². The molecular weight excluding hydrogens is 260 g/mol. The lowest BCUT2D eigenvalue weighted by molar-refractivity contribution is -0.135. The summed E-state index contributed by atoms with van der Waals surface area (Å²) in [6.45, 7) is 1.21. The zero-order valence-corrected chi connectivity index (χ0v) is 10.6. The number of alkyl halides is 3. The lowest BCUT2D eigenvalue weighted by atomic mass is 10.2. The Kier molecular flexibility index (Phi) is 6.08. The molecule has 0 amide bonds. The molecule has 1 aromatic carbocycles. The van der Waals surface area contributed by atoms with Crippen LogP contribution in [0.3, 0.4) is 0 Å². The van der Waals surface area contributed by atoms with E-state index in [0.717, 1.165) is 0 Å². The van der Waals surface area contributed by atoms with Crippen LogP contribution in [0.5, 0.6) is 0 Å². The van der Waals surface area contributed by atoms with E-state index in [-0.39, 0.29) is 13.0 Å². The fourth-order valence-corrected chi connectivity index (χ4v) is 1.80. The lowest BCUT2D eigenvalue weighted by Crippen LogP contribution is -2.28. The number of hydrogen-bond acceptors (Lipinski definition) is 2. The normalized spacial score (nSPS) is 11.6. The maximum absolute atomic E-state index is 13.1. The number of anilines is 1. The maximum Gasteiger partial charge on any atom is 0.389 e. The zero-order chi connectivity index (χ0) is 14.3. The maximum atomic E-state index is 13.1. The van der Waals surface area contributed by atoms with Crippen molar-refractivity contribution in [2.75, 3.05) is 24.5 Å². The summed E-state index contributed by atoms with van der Waals surface area (Å²) in [5.74, 6) is -0.397. The van der Waals surface area contributed by atoms with Gasteiger partial charge in [0.2, 0.25) is 0 Å². The third-order valence-corrected chi connectivity index (χ3v) is 2.69. The number of benzene rings is 1. The highest BCUT2D eigenvalue weighted by atomic mass is 19.4. The Labute approximate surface area is 110 Å². The van der Waals surface area contributed by atoms with Crippen molar-refractivity contribution in [2.45, 2.75) is 25.4 Å². The summed E-state index contributed by atoms with van der Waals surface area (Å²) in [5.41, 5.74) is 6.00. The van der Waals surface area contributed by atoms with Crippen LogP contribution in [-0.4, -0.2) is 25.8 Å². The summed E-state index contributed by atoms with van der Waals surface area (Å²) in [5, 5.41) is 0. The van der Waals surface area contributed by atoms with E-state index < -0.39 is 18.4 Å². The zero-order valence-electron chi connectivity index (χ0n) is 10.6. The van der Waals surface area contributed by atoms with Gasteiger partial charge in [0.15, 0.2) is 0 Å². The van der Waals surface area contributed by atoms with Crippen LogP contribution in [0.15, 0.2) is 24.3 Å². The molecule has 0 aliphatic heterocycles. The fourth-order valence-electron chi connectivity index (χ4n) is 1.80. The van der Waals surface area contributed by atoms with E-state index in [0.29, 0.717) is 25.2 Å². The van der Waals surface area contributed by atoms with E-state index in [4.69, 9.17) is 5.73 Å². The molecule has 0 saturated carbocycles. The Hall–Kier alpha value is -1.30. The van der Waals surface area contributed by atoms with Crippen LogP contribution in [0.2, 0.25) is 0 Å². The molecule has 0 fully saturated rings. The van der Waals surface area contributed by atoms with Crippen LogP contribution in [0, 0.1) is 5.82 Å². The highest BCUT2D eigenvalue weighted by Gasteiger charge is 2.26. The van der Waals surface area contributed by atoms with E-state index in [1.807, 2.05) is 0 Å². The third kappa shape index (κ3) is 6.42. The minimum atomic E-state index is -4.15. The first kappa shape index (κ1) is 15.8. The highest BCUT2D eigenvalue weighted by molar-refractivity contribution is 5.46. The smallest absolute Gasteiger partial charge is 0.371 e. The molecule has 0 aliphatic rings. The van der Waals surface area contributed by atoms with Gasteiger partial charge in [0, 0.05) is 25.2 Å². The average molecular weight is 278 g/mol. The summed E-state index contributed by atoms with van der Waals surface area (Å²) < 4.78 is 49.5. The van der Waals surface area contributed by atoms with Crippen molar-refractivity contribution >= 4 is 5.69 Å². The minimum Gasteiger partial charge on any atom is -0.371 e. The van der Waals surface area contributed by atoms with Gasteiger partial charge in [0.05, 0.1) is 0 Å². The Morgan fingerprint density at radius 3 is 2.37 bits per heavy atom. The molecule has 6 heteroatoms. The van der Waals surface area contributed by atoms with Crippen LogP contribution in [-0.2, 0) is 0 Å². The standard InChI is InChI=1S/C13H18F4N2/c14-11-4-1-5-12(10-11)19(9-3-7-18)8-2-6-13(15,16)17/h1,4-5,10H,2-3,6-9,18H2. The molecule has 2 N–H and O–H groups in total. The molecule has 0 heterocycles. The predicted octanol–water partition coefficient (Wildman–Crippen LogP) is 3.32. The second-order valence-corrected chi connectivity index (χ2v) is 4.33. The molecule has 0 aromatic heterocycles. The van der Waals surface area contributed by atoms with Crippen molar-refractivity contribution < 1.29 is 17.6 Å². The number of hydrogen-bond donors (Lipinski definition) is 1. The quantitative estimate of drug-likeness (QED) is 0.775. The van der Waals surface area contributed by atoms with Gasteiger partial charge in [-0.3, -0.25) is 0 Å². The average Bonchev–Trinajstić information content (AvgIpc) is 2.32. The molecule has 0 atom stereocenters. The summed E-state index contributed by atoms with van der Waals surface area (Å²) in [4.78, 5) is 1.74. The van der Waals surface area contributed by atoms with Crippen LogP contribution < -0.4 is 10.6 Å². The third-order valence-electron chi connectivity index (χ3n) is 2.69. The van der Waals surface area contributed by atoms with Crippen molar-refractivity contribution in [1.29, 1.82) is 0 Å². The van der Waals surface area contributed by atoms with Crippen LogP contribution in [0.1, 0.15) is 19.3 Å². The number of halogens is 4. The summed E-state index contributed by atoms with van der Waals surface area (Å²) >= 11 is 0. The van der Waals surface area contributed by atoms with Gasteiger partial charge in [0.1, 0.15) is 5.82 Å². The number of nitrogens with zero attached hydrogens (tertiary/aromatic N) is 1. The number of rotatable bonds is 7. The summed E-state index contributed by atoms with van der Waals surface area (Å²) in [7, 11) is 0. The number of nitrogens with two attached hydrogens (primary N) is 1. The van der Waals surface area contributed by atoms with Crippen molar-refractivity contribution in [2.24, 2.45) is 5.73 Å². The first-order chi connectivity index (χ1) is 8.92. The van der Waals surface area contributed by atoms with Gasteiger partial charge < -0.3 is 10.6 Å². The monoisotopic (exact) mass is 278 g/mol. The molecule has 2 nitrogen and oxygen atoms in total. The van der Waals surface area contributed by atoms with E-state index in [9.17, 15) is 17.6 Å². The van der Waals surface area contributed by atoms with Crippen molar-refractivity contribution in [1.82, 2.24) is 0 Å². The van der Waals surface area contributed by atoms with E-state index in [2.05, 4.69) is 0 Å². The van der Waals surface area contributed by atoms with Crippen molar-refractivity contribution in [3.63, 3.8) is 0 Å². The van der Waals surface area contributed by atoms with Crippen LogP contribution in [0.4, 0.5) is 23.2 Å². The van der Waals surface area contributed by atoms with Crippen LogP contribution in [0.25, 0.3) is 0 Å². The highest BCUT2D eigenvalue weighted by Crippen LogP contribution is 2.23. The molecule has 0 aliphatic carbocycles. The molecule has 0 saturated heterocycles. The van der Waals surface area contributed by atoms with E-state index in [1.54, 1.807) is 17.0 Å². The summed E-state index contributed by atoms with van der Waals surface area (Å²) in [6, 6.07) is 5.86. The van der Waals surface area contributed by atoms with Crippen molar-refractivity contribution in [3.8, 4) is 0 Å². The Bertz CT molecular complexity index is 379. The summed E-state index contributed by atoms with van der Waals surface area (Å²) in [6.07, 6.45) is -4.34. The molecule has 19 heavy (non-hydrogen) atoms. The first-order valence-electron chi connectivity index (χ1n) is 6.20. The Morgan fingerprint density at radius 1 is 1.11 bits per heavy atom. The molecule has 0 unspecified atom stereocenters. The van der Waals surface area contributed by atoms with E-state index in [1.165, 1.54) is 12.1 Å². The first-order valence-corrected chi connectivity index (χ1v) is 6.20. The molecular formula is C13H18F4N2. The van der Waals surface area contributed by atoms with Gasteiger partial charge in [0.25, 0.3) is 0 Å². The Morgan fingerprint density at radius 2 is 1.79 bits per heavy atom. The lowest BCUT2D eigenvalue weighted by Gasteiger charge is -2.25. The molecule has 1 rings (SSSR count). The second kappa shape index (κ2) is 7.33. The largest absolute Gasteiger partial charge is 0.389 e. The van der Waals surface area contributed by atoms with Gasteiger partial charge in [-0.25, -0.2) is 4.39 Å².